The van der Waals surface area contributed by atoms with Gasteiger partial charge in [0.15, 0.2) is 0 Å². The molecule has 0 unspecified atom stereocenters. The van der Waals surface area contributed by atoms with Crippen LogP contribution < -0.4 is 4.80 Å². The van der Waals surface area contributed by atoms with Crippen molar-refractivity contribution in [3.8, 4) is 16.9 Å². The summed E-state index contributed by atoms with van der Waals surface area (Å²) in [7, 11) is 0. The first-order valence-electron chi connectivity index (χ1n) is 11.6. The molecule has 0 bridgehead atoms. The molecular weight excluding hydrogens is 484 g/mol. The van der Waals surface area contributed by atoms with E-state index < -0.39 is 4.92 Å². The molecule has 37 heavy (non-hydrogen) atoms. The van der Waals surface area contributed by atoms with E-state index in [9.17, 15) is 10.1 Å². The lowest BCUT2D eigenvalue weighted by Gasteiger charge is -2.09. The molecule has 0 aliphatic heterocycles. The minimum Gasteiger partial charge on any atom is -0.306 e. The molecule has 0 spiro atoms. The SMILES string of the molecule is CC(=Nn1c(-c2ccc(C)c(C)c2)csc1=Nc1ccccc1[N+](=O)[O-])c1ccc(-n2ccnc2)cc1. The van der Waals surface area contributed by atoms with Gasteiger partial charge in [-0.1, -0.05) is 36.4 Å². The Balaban J connectivity index is 1.65. The number of para-hydroxylation sites is 2. The molecule has 0 fully saturated rings. The first-order chi connectivity index (χ1) is 17.9. The lowest BCUT2D eigenvalue weighted by Crippen LogP contribution is -2.14. The van der Waals surface area contributed by atoms with E-state index in [1.165, 1.54) is 28.5 Å². The van der Waals surface area contributed by atoms with Crippen molar-refractivity contribution in [2.45, 2.75) is 20.8 Å². The second-order valence-electron chi connectivity index (χ2n) is 8.57. The maximum absolute atomic E-state index is 11.6. The number of nitro groups is 1. The third-order valence-electron chi connectivity index (χ3n) is 6.12. The molecule has 0 saturated carbocycles. The van der Waals surface area contributed by atoms with Crippen molar-refractivity contribution in [1.82, 2.24) is 14.2 Å². The highest BCUT2D eigenvalue weighted by Crippen LogP contribution is 2.27. The van der Waals surface area contributed by atoms with Crippen LogP contribution >= 0.6 is 11.3 Å². The topological polar surface area (TPSA) is 90.6 Å². The minimum absolute atomic E-state index is 0.0500. The summed E-state index contributed by atoms with van der Waals surface area (Å²) in [6.45, 7) is 6.09. The van der Waals surface area contributed by atoms with E-state index in [-0.39, 0.29) is 11.4 Å². The fraction of sp³-hybridized carbons (Fsp3) is 0.107. The molecule has 0 aliphatic rings. The summed E-state index contributed by atoms with van der Waals surface area (Å²) < 4.78 is 3.70. The van der Waals surface area contributed by atoms with Gasteiger partial charge in [0.25, 0.3) is 5.69 Å². The smallest absolute Gasteiger partial charge is 0.294 e. The summed E-state index contributed by atoms with van der Waals surface area (Å²) in [5.41, 5.74) is 7.19. The van der Waals surface area contributed by atoms with E-state index in [0.717, 1.165) is 28.2 Å². The van der Waals surface area contributed by atoms with Crippen LogP contribution in [0.5, 0.6) is 0 Å². The van der Waals surface area contributed by atoms with Gasteiger partial charge in [0.05, 0.1) is 22.7 Å². The Morgan fingerprint density at radius 2 is 1.81 bits per heavy atom. The zero-order valence-electron chi connectivity index (χ0n) is 20.6. The average Bonchev–Trinajstić information content (AvgIpc) is 3.57. The molecule has 0 aliphatic carbocycles. The first kappa shape index (κ1) is 24.1. The summed E-state index contributed by atoms with van der Waals surface area (Å²) in [6.07, 6.45) is 5.39. The highest BCUT2D eigenvalue weighted by atomic mass is 32.1. The van der Waals surface area contributed by atoms with E-state index in [4.69, 9.17) is 5.10 Å². The fourth-order valence-corrected chi connectivity index (χ4v) is 4.73. The van der Waals surface area contributed by atoms with Gasteiger partial charge < -0.3 is 4.57 Å². The Bertz CT molecular complexity index is 1680. The largest absolute Gasteiger partial charge is 0.306 e. The Hall–Kier alpha value is -4.63. The number of aryl methyl sites for hydroxylation is 2. The van der Waals surface area contributed by atoms with Crippen molar-refractivity contribution < 1.29 is 4.92 Å². The molecule has 9 heteroatoms. The molecule has 0 amide bonds. The van der Waals surface area contributed by atoms with Crippen molar-refractivity contribution in [3.05, 3.63) is 122 Å². The first-order valence-corrected chi connectivity index (χ1v) is 12.5. The summed E-state index contributed by atoms with van der Waals surface area (Å²) in [4.78, 5) is 20.5. The van der Waals surface area contributed by atoms with Gasteiger partial charge in [-0.3, -0.25) is 10.1 Å². The number of rotatable bonds is 6. The van der Waals surface area contributed by atoms with Crippen LogP contribution in [0, 0.1) is 24.0 Å². The Labute approximate surface area is 217 Å². The van der Waals surface area contributed by atoms with Crippen LogP contribution in [0.4, 0.5) is 11.4 Å². The number of aromatic nitrogens is 3. The van der Waals surface area contributed by atoms with E-state index >= 15 is 0 Å². The van der Waals surface area contributed by atoms with E-state index in [0.29, 0.717) is 4.80 Å². The summed E-state index contributed by atoms with van der Waals surface area (Å²) >= 11 is 1.39. The maximum atomic E-state index is 11.6. The number of nitro benzene ring substituents is 1. The molecule has 2 aromatic heterocycles. The normalized spacial score (nSPS) is 12.2. The summed E-state index contributed by atoms with van der Waals surface area (Å²) in [6, 6.07) is 20.8. The van der Waals surface area contributed by atoms with E-state index in [1.807, 2.05) is 47.3 Å². The molecule has 0 atom stereocenters. The van der Waals surface area contributed by atoms with E-state index in [1.54, 1.807) is 35.4 Å². The summed E-state index contributed by atoms with van der Waals surface area (Å²) in [5, 5.41) is 18.5. The van der Waals surface area contributed by atoms with Gasteiger partial charge in [0, 0.05) is 35.1 Å². The molecule has 0 saturated heterocycles. The number of thiazole rings is 1. The Morgan fingerprint density at radius 1 is 1.03 bits per heavy atom. The lowest BCUT2D eigenvalue weighted by atomic mass is 10.1. The van der Waals surface area contributed by atoms with Crippen molar-refractivity contribution in [2.75, 3.05) is 0 Å². The Kier molecular flexibility index (Phi) is 6.61. The third kappa shape index (κ3) is 5.03. The molecule has 184 valence electrons. The van der Waals surface area contributed by atoms with Crippen LogP contribution in [0.2, 0.25) is 0 Å². The molecule has 5 rings (SSSR count). The molecule has 0 radical (unpaired) electrons. The number of benzene rings is 3. The highest BCUT2D eigenvalue weighted by Gasteiger charge is 2.14. The zero-order chi connectivity index (χ0) is 25.9. The number of nitrogens with zero attached hydrogens (tertiary/aromatic N) is 6. The van der Waals surface area contributed by atoms with Gasteiger partial charge in [0.2, 0.25) is 4.80 Å². The monoisotopic (exact) mass is 508 g/mol. The van der Waals surface area contributed by atoms with Crippen LogP contribution in [0.3, 0.4) is 0 Å². The van der Waals surface area contributed by atoms with Crippen molar-refractivity contribution in [1.29, 1.82) is 0 Å². The molecule has 8 nitrogen and oxygen atoms in total. The number of hydrogen-bond acceptors (Lipinski definition) is 6. The van der Waals surface area contributed by atoms with Gasteiger partial charge in [-0.2, -0.15) is 5.10 Å². The quantitative estimate of drug-likeness (QED) is 0.150. The third-order valence-corrected chi connectivity index (χ3v) is 6.94. The number of hydrogen-bond donors (Lipinski definition) is 0. The van der Waals surface area contributed by atoms with Crippen molar-refractivity contribution in [2.24, 2.45) is 10.1 Å². The van der Waals surface area contributed by atoms with Crippen LogP contribution in [0.15, 0.2) is 101 Å². The number of imidazole rings is 1. The highest BCUT2D eigenvalue weighted by molar-refractivity contribution is 7.07. The second kappa shape index (κ2) is 10.2. The minimum atomic E-state index is -0.419. The lowest BCUT2D eigenvalue weighted by molar-refractivity contribution is -0.384. The summed E-state index contributed by atoms with van der Waals surface area (Å²) in [5.74, 6) is 0. The molecule has 3 aromatic carbocycles. The van der Waals surface area contributed by atoms with Gasteiger partial charge in [-0.25, -0.2) is 14.7 Å². The molecule has 5 aromatic rings. The average molecular weight is 509 g/mol. The van der Waals surface area contributed by atoms with Crippen molar-refractivity contribution in [3.63, 3.8) is 0 Å². The Morgan fingerprint density at radius 3 is 2.51 bits per heavy atom. The fourth-order valence-electron chi connectivity index (χ4n) is 3.88. The van der Waals surface area contributed by atoms with Crippen LogP contribution in [0.25, 0.3) is 16.9 Å². The standard InChI is InChI=1S/C28H24N6O2S/c1-19-8-9-23(16-20(19)2)27-17-37-28(30-25-6-4-5-7-26(25)34(35)36)33(27)31-21(3)22-10-12-24(13-11-22)32-15-14-29-18-32/h4-18H,1-3H3. The predicted molar refractivity (Wildman–Crippen MR) is 147 cm³/mol. The van der Waals surface area contributed by atoms with Gasteiger partial charge in [0.1, 0.15) is 5.69 Å². The van der Waals surface area contributed by atoms with Crippen molar-refractivity contribution >= 4 is 28.4 Å². The maximum Gasteiger partial charge on any atom is 0.294 e. The predicted octanol–water partition coefficient (Wildman–Crippen LogP) is 6.43. The van der Waals surface area contributed by atoms with Crippen LogP contribution in [-0.4, -0.2) is 24.9 Å². The van der Waals surface area contributed by atoms with Gasteiger partial charge in [-0.05, 0) is 61.7 Å². The van der Waals surface area contributed by atoms with Crippen LogP contribution in [-0.2, 0) is 0 Å². The molecule has 0 N–H and O–H groups in total. The van der Waals surface area contributed by atoms with Gasteiger partial charge >= 0.3 is 0 Å². The van der Waals surface area contributed by atoms with E-state index in [2.05, 4.69) is 42.0 Å². The molecular formula is C28H24N6O2S. The second-order valence-corrected chi connectivity index (χ2v) is 9.41. The zero-order valence-corrected chi connectivity index (χ0v) is 21.4. The molecule has 2 heterocycles. The van der Waals surface area contributed by atoms with Crippen LogP contribution in [0.1, 0.15) is 23.6 Å². The van der Waals surface area contributed by atoms with Gasteiger partial charge in [-0.15, -0.1) is 11.3 Å².